The fraction of sp³-hybridized carbons (Fsp3) is 0.182. The monoisotopic (exact) mass is 422 g/mol. The molecule has 2 N–H and O–H groups in total. The van der Waals surface area contributed by atoms with Gasteiger partial charge in [0.25, 0.3) is 11.6 Å². The van der Waals surface area contributed by atoms with Gasteiger partial charge in [0, 0.05) is 35.4 Å². The Morgan fingerprint density at radius 2 is 1.77 bits per heavy atom. The van der Waals surface area contributed by atoms with Crippen molar-refractivity contribution in [3.05, 3.63) is 87.1 Å². The van der Waals surface area contributed by atoms with Crippen LogP contribution in [0.3, 0.4) is 0 Å². The Labute approximate surface area is 176 Å². The maximum absolute atomic E-state index is 13.1. The molecule has 0 radical (unpaired) electrons. The average Bonchev–Trinajstić information content (AvgIpc) is 3.11. The first kappa shape index (κ1) is 20.3. The standard InChI is InChI=1S/C22H19FN4O4/c1-13-20-18(26-25-16-9-11-17(12-10-16)27(29)30)3-2-4-19(20)31-21(13)22(28)24-15-7-5-14(23)6-8-15/h5-12,25H,2-4H2,1H3,(H,24,28)/b26-18+. The SMILES string of the molecule is Cc1c(C(=O)Nc2ccc(F)cc2)oc2c1/C(=N/Nc1ccc([N+](=O)[O-])cc1)CCC2. The van der Waals surface area contributed by atoms with Crippen molar-refractivity contribution in [1.82, 2.24) is 0 Å². The predicted octanol–water partition coefficient (Wildman–Crippen LogP) is 5.04. The second kappa shape index (κ2) is 8.39. The van der Waals surface area contributed by atoms with Crippen LogP contribution in [0.4, 0.5) is 21.5 Å². The van der Waals surface area contributed by atoms with E-state index < -0.39 is 10.8 Å². The van der Waals surface area contributed by atoms with Gasteiger partial charge >= 0.3 is 0 Å². The van der Waals surface area contributed by atoms with Gasteiger partial charge in [-0.05, 0) is 56.2 Å². The van der Waals surface area contributed by atoms with Crippen molar-refractivity contribution in [1.29, 1.82) is 0 Å². The lowest BCUT2D eigenvalue weighted by Crippen LogP contribution is -2.14. The summed E-state index contributed by atoms with van der Waals surface area (Å²) in [5.74, 6) is 0.0849. The van der Waals surface area contributed by atoms with Crippen LogP contribution in [-0.2, 0) is 6.42 Å². The summed E-state index contributed by atoms with van der Waals surface area (Å²) in [6.07, 6.45) is 2.21. The molecule has 0 bridgehead atoms. The number of aryl methyl sites for hydroxylation is 1. The zero-order chi connectivity index (χ0) is 22.0. The summed E-state index contributed by atoms with van der Waals surface area (Å²) in [4.78, 5) is 23.0. The van der Waals surface area contributed by atoms with Gasteiger partial charge in [-0.25, -0.2) is 4.39 Å². The number of nitrogens with one attached hydrogen (secondary N) is 2. The highest BCUT2D eigenvalue weighted by Crippen LogP contribution is 2.30. The molecule has 0 atom stereocenters. The number of amides is 1. The highest BCUT2D eigenvalue weighted by atomic mass is 19.1. The van der Waals surface area contributed by atoms with Gasteiger partial charge in [0.05, 0.1) is 16.3 Å². The lowest BCUT2D eigenvalue weighted by Gasteiger charge is -2.13. The molecule has 1 amide bonds. The van der Waals surface area contributed by atoms with E-state index in [1.54, 1.807) is 19.1 Å². The number of furan rings is 1. The smallest absolute Gasteiger partial charge is 0.291 e. The third-order valence-electron chi connectivity index (χ3n) is 5.03. The van der Waals surface area contributed by atoms with E-state index >= 15 is 0 Å². The lowest BCUT2D eigenvalue weighted by molar-refractivity contribution is -0.384. The lowest BCUT2D eigenvalue weighted by atomic mass is 9.93. The molecule has 158 valence electrons. The third-order valence-corrected chi connectivity index (χ3v) is 5.03. The van der Waals surface area contributed by atoms with Crippen LogP contribution in [0.25, 0.3) is 0 Å². The van der Waals surface area contributed by atoms with E-state index in [0.29, 0.717) is 35.5 Å². The summed E-state index contributed by atoms with van der Waals surface area (Å²) in [5.41, 5.74) is 6.23. The van der Waals surface area contributed by atoms with Crippen LogP contribution in [0.1, 0.15) is 40.3 Å². The van der Waals surface area contributed by atoms with Gasteiger partial charge < -0.3 is 9.73 Å². The number of carbonyl (C=O) groups is 1. The van der Waals surface area contributed by atoms with Crippen molar-refractivity contribution < 1.29 is 18.5 Å². The van der Waals surface area contributed by atoms with E-state index in [9.17, 15) is 19.3 Å². The number of hydrogen-bond donors (Lipinski definition) is 2. The molecule has 4 rings (SSSR count). The molecule has 1 heterocycles. The summed E-state index contributed by atoms with van der Waals surface area (Å²) in [7, 11) is 0. The summed E-state index contributed by atoms with van der Waals surface area (Å²) >= 11 is 0. The Bertz CT molecular complexity index is 1170. The zero-order valence-electron chi connectivity index (χ0n) is 16.6. The van der Waals surface area contributed by atoms with E-state index in [1.807, 2.05) is 0 Å². The topological polar surface area (TPSA) is 110 Å². The van der Waals surface area contributed by atoms with Crippen LogP contribution in [0, 0.1) is 22.9 Å². The Balaban J connectivity index is 1.56. The van der Waals surface area contributed by atoms with Crippen molar-refractivity contribution in [2.45, 2.75) is 26.2 Å². The van der Waals surface area contributed by atoms with Crippen molar-refractivity contribution in [3.8, 4) is 0 Å². The molecular formula is C22H19FN4O4. The molecular weight excluding hydrogens is 403 g/mol. The number of benzene rings is 2. The number of anilines is 2. The van der Waals surface area contributed by atoms with E-state index in [4.69, 9.17) is 4.42 Å². The summed E-state index contributed by atoms with van der Waals surface area (Å²) in [6.45, 7) is 1.80. The first-order valence-electron chi connectivity index (χ1n) is 9.69. The Kier molecular flexibility index (Phi) is 5.48. The fourth-order valence-electron chi connectivity index (χ4n) is 3.51. The van der Waals surface area contributed by atoms with Crippen LogP contribution in [0.5, 0.6) is 0 Å². The molecule has 0 saturated carbocycles. The van der Waals surface area contributed by atoms with Crippen LogP contribution in [0.15, 0.2) is 58.0 Å². The van der Waals surface area contributed by atoms with Crippen LogP contribution >= 0.6 is 0 Å². The minimum absolute atomic E-state index is 0.000596. The van der Waals surface area contributed by atoms with Gasteiger partial charge in [0.1, 0.15) is 11.6 Å². The molecule has 8 nitrogen and oxygen atoms in total. The van der Waals surface area contributed by atoms with Crippen LogP contribution in [-0.4, -0.2) is 16.5 Å². The van der Waals surface area contributed by atoms with E-state index in [-0.39, 0.29) is 17.3 Å². The average molecular weight is 422 g/mol. The number of fused-ring (bicyclic) bond motifs is 1. The number of nitro groups is 1. The molecule has 0 saturated heterocycles. The fourth-order valence-corrected chi connectivity index (χ4v) is 3.51. The predicted molar refractivity (Wildman–Crippen MR) is 114 cm³/mol. The molecule has 3 aromatic rings. The van der Waals surface area contributed by atoms with Gasteiger partial charge in [-0.15, -0.1) is 0 Å². The summed E-state index contributed by atoms with van der Waals surface area (Å²) in [6, 6.07) is 11.4. The van der Waals surface area contributed by atoms with Crippen molar-refractivity contribution in [2.75, 3.05) is 10.7 Å². The van der Waals surface area contributed by atoms with Gasteiger partial charge in [-0.3, -0.25) is 20.3 Å². The summed E-state index contributed by atoms with van der Waals surface area (Å²) < 4.78 is 18.9. The number of rotatable bonds is 5. The molecule has 9 heteroatoms. The van der Waals surface area contributed by atoms with E-state index in [0.717, 1.165) is 17.7 Å². The molecule has 2 aromatic carbocycles. The number of nitrogens with zero attached hydrogens (tertiary/aromatic N) is 2. The largest absolute Gasteiger partial charge is 0.455 e. The van der Waals surface area contributed by atoms with Crippen LogP contribution < -0.4 is 10.7 Å². The molecule has 1 aromatic heterocycles. The number of hydrazone groups is 1. The van der Waals surface area contributed by atoms with Crippen molar-refractivity contribution in [3.63, 3.8) is 0 Å². The Morgan fingerprint density at radius 1 is 1.10 bits per heavy atom. The quantitative estimate of drug-likeness (QED) is 0.442. The molecule has 0 fully saturated rings. The maximum atomic E-state index is 13.1. The minimum Gasteiger partial charge on any atom is -0.455 e. The molecule has 0 spiro atoms. The minimum atomic E-state index is -0.462. The third kappa shape index (κ3) is 4.30. The van der Waals surface area contributed by atoms with E-state index in [1.165, 1.54) is 36.4 Å². The second-order valence-electron chi connectivity index (χ2n) is 7.14. The van der Waals surface area contributed by atoms with Crippen molar-refractivity contribution >= 4 is 28.7 Å². The summed E-state index contributed by atoms with van der Waals surface area (Å²) in [5, 5.41) is 18.0. The normalized spacial score (nSPS) is 14.2. The molecule has 31 heavy (non-hydrogen) atoms. The first-order valence-corrected chi connectivity index (χ1v) is 9.69. The number of hydrogen-bond acceptors (Lipinski definition) is 6. The number of halogens is 1. The Hall–Kier alpha value is -4.01. The molecule has 0 unspecified atom stereocenters. The highest BCUT2D eigenvalue weighted by Gasteiger charge is 2.28. The number of nitro benzene ring substituents is 1. The number of non-ortho nitro benzene ring substituents is 1. The van der Waals surface area contributed by atoms with E-state index in [2.05, 4.69) is 15.8 Å². The second-order valence-corrected chi connectivity index (χ2v) is 7.14. The first-order chi connectivity index (χ1) is 14.9. The van der Waals surface area contributed by atoms with Gasteiger partial charge in [0.15, 0.2) is 5.76 Å². The molecule has 1 aliphatic rings. The zero-order valence-corrected chi connectivity index (χ0v) is 16.6. The number of carbonyl (C=O) groups excluding carboxylic acids is 1. The molecule has 0 aliphatic heterocycles. The van der Waals surface area contributed by atoms with Crippen molar-refractivity contribution in [2.24, 2.45) is 5.10 Å². The highest BCUT2D eigenvalue weighted by molar-refractivity contribution is 6.09. The molecule has 1 aliphatic carbocycles. The Morgan fingerprint density at radius 3 is 2.45 bits per heavy atom. The van der Waals surface area contributed by atoms with Gasteiger partial charge in [-0.2, -0.15) is 5.10 Å². The van der Waals surface area contributed by atoms with Gasteiger partial charge in [0.2, 0.25) is 0 Å². The van der Waals surface area contributed by atoms with Crippen LogP contribution in [0.2, 0.25) is 0 Å². The maximum Gasteiger partial charge on any atom is 0.291 e. The van der Waals surface area contributed by atoms with Gasteiger partial charge in [-0.1, -0.05) is 0 Å².